The van der Waals surface area contributed by atoms with Crippen LogP contribution in [0.4, 0.5) is 0 Å². The predicted octanol–water partition coefficient (Wildman–Crippen LogP) is 3.03. The second-order valence-corrected chi connectivity index (χ2v) is 3.89. The molecule has 1 atom stereocenters. The quantitative estimate of drug-likeness (QED) is 0.887. The van der Waals surface area contributed by atoms with Crippen LogP contribution in [0.5, 0.6) is 0 Å². The molecular formula is C12H13ClN2O. The lowest BCUT2D eigenvalue weighted by Crippen LogP contribution is -2.22. The lowest BCUT2D eigenvalue weighted by Gasteiger charge is -2.15. The largest absolute Gasteiger partial charge is 0.472 e. The summed E-state index contributed by atoms with van der Waals surface area (Å²) in [6.45, 7) is 2.92. The van der Waals surface area contributed by atoms with Crippen molar-refractivity contribution in [3.05, 3.63) is 53.2 Å². The van der Waals surface area contributed by atoms with E-state index in [4.69, 9.17) is 16.0 Å². The normalized spacial score (nSPS) is 12.6. The smallest absolute Gasteiger partial charge is 0.0954 e. The number of pyridine rings is 1. The van der Waals surface area contributed by atoms with Gasteiger partial charge in [-0.05, 0) is 24.7 Å². The predicted molar refractivity (Wildman–Crippen MR) is 63.5 cm³/mol. The molecule has 0 aliphatic heterocycles. The third-order valence-electron chi connectivity index (χ3n) is 2.33. The summed E-state index contributed by atoms with van der Waals surface area (Å²) in [4.78, 5) is 4.32. The van der Waals surface area contributed by atoms with Gasteiger partial charge < -0.3 is 9.73 Å². The molecular weight excluding hydrogens is 224 g/mol. The van der Waals surface area contributed by atoms with Crippen molar-refractivity contribution in [2.45, 2.75) is 13.0 Å². The molecule has 1 N–H and O–H groups in total. The van der Waals surface area contributed by atoms with E-state index in [0.29, 0.717) is 5.02 Å². The minimum absolute atomic E-state index is 0.0565. The van der Waals surface area contributed by atoms with Crippen LogP contribution in [0.1, 0.15) is 24.2 Å². The number of hydrogen-bond acceptors (Lipinski definition) is 3. The second kappa shape index (κ2) is 5.14. The lowest BCUT2D eigenvalue weighted by molar-refractivity contribution is 0.550. The van der Waals surface area contributed by atoms with Gasteiger partial charge in [0, 0.05) is 11.8 Å². The van der Waals surface area contributed by atoms with Crippen LogP contribution in [0, 0.1) is 0 Å². The third-order valence-corrected chi connectivity index (χ3v) is 2.55. The maximum absolute atomic E-state index is 5.82. The van der Waals surface area contributed by atoms with E-state index in [1.165, 1.54) is 0 Å². The van der Waals surface area contributed by atoms with Crippen molar-refractivity contribution in [1.82, 2.24) is 10.3 Å². The molecule has 0 saturated carbocycles. The Labute approximate surface area is 99.5 Å². The zero-order chi connectivity index (χ0) is 11.4. The van der Waals surface area contributed by atoms with Gasteiger partial charge in [-0.15, -0.1) is 0 Å². The molecule has 2 aromatic rings. The minimum atomic E-state index is 0.0565. The van der Waals surface area contributed by atoms with E-state index in [1.54, 1.807) is 18.7 Å². The molecule has 0 aliphatic rings. The second-order valence-electron chi connectivity index (χ2n) is 3.45. The van der Waals surface area contributed by atoms with Crippen LogP contribution in [-0.2, 0) is 0 Å². The Morgan fingerprint density at radius 1 is 1.44 bits per heavy atom. The van der Waals surface area contributed by atoms with E-state index >= 15 is 0 Å². The average molecular weight is 237 g/mol. The summed E-state index contributed by atoms with van der Waals surface area (Å²) in [5, 5.41) is 4.00. The van der Waals surface area contributed by atoms with Gasteiger partial charge in [-0.2, -0.15) is 0 Å². The number of rotatable bonds is 4. The Hall–Kier alpha value is -1.32. The lowest BCUT2D eigenvalue weighted by atomic mass is 10.1. The Kier molecular flexibility index (Phi) is 3.59. The van der Waals surface area contributed by atoms with Crippen molar-refractivity contribution >= 4 is 11.6 Å². The highest BCUT2D eigenvalue weighted by Crippen LogP contribution is 2.21. The first-order valence-corrected chi connectivity index (χ1v) is 5.56. The van der Waals surface area contributed by atoms with E-state index < -0.39 is 0 Å². The van der Waals surface area contributed by atoms with Crippen molar-refractivity contribution in [3.8, 4) is 0 Å². The molecule has 16 heavy (non-hydrogen) atoms. The molecule has 0 radical (unpaired) electrons. The van der Waals surface area contributed by atoms with Crippen molar-refractivity contribution < 1.29 is 4.42 Å². The summed E-state index contributed by atoms with van der Waals surface area (Å²) in [7, 11) is 0. The number of halogens is 1. The first-order chi connectivity index (χ1) is 7.81. The van der Waals surface area contributed by atoms with E-state index in [0.717, 1.165) is 17.8 Å². The Balaban J connectivity index is 2.29. The van der Waals surface area contributed by atoms with Gasteiger partial charge >= 0.3 is 0 Å². The molecule has 0 fully saturated rings. The maximum atomic E-state index is 5.82. The fourth-order valence-electron chi connectivity index (χ4n) is 1.59. The summed E-state index contributed by atoms with van der Waals surface area (Å²) in [5.41, 5.74) is 2.00. The van der Waals surface area contributed by atoms with Crippen molar-refractivity contribution in [2.75, 3.05) is 6.54 Å². The van der Waals surface area contributed by atoms with Gasteiger partial charge in [-0.25, -0.2) is 0 Å². The standard InChI is InChI=1S/C12H13ClN2O/c1-2-14-12(9-5-6-16-8-9)11-4-3-10(13)7-15-11/h3-8,12,14H,2H2,1H3. The van der Waals surface area contributed by atoms with Crippen molar-refractivity contribution in [1.29, 1.82) is 0 Å². The molecule has 0 aliphatic carbocycles. The van der Waals surface area contributed by atoms with Crippen LogP contribution in [-0.4, -0.2) is 11.5 Å². The molecule has 4 heteroatoms. The number of furan rings is 1. The molecule has 0 saturated heterocycles. The van der Waals surface area contributed by atoms with E-state index in [-0.39, 0.29) is 6.04 Å². The first kappa shape index (κ1) is 11.2. The molecule has 84 valence electrons. The van der Waals surface area contributed by atoms with Crippen molar-refractivity contribution in [2.24, 2.45) is 0 Å². The average Bonchev–Trinajstić information content (AvgIpc) is 2.81. The van der Waals surface area contributed by atoms with Crippen LogP contribution in [0.3, 0.4) is 0 Å². The summed E-state index contributed by atoms with van der Waals surface area (Å²) >= 11 is 5.82. The first-order valence-electron chi connectivity index (χ1n) is 5.18. The van der Waals surface area contributed by atoms with Crippen LogP contribution in [0.25, 0.3) is 0 Å². The van der Waals surface area contributed by atoms with Gasteiger partial charge in [-0.3, -0.25) is 4.98 Å². The fraction of sp³-hybridized carbons (Fsp3) is 0.250. The van der Waals surface area contributed by atoms with Gasteiger partial charge in [0.1, 0.15) is 0 Å². The summed E-state index contributed by atoms with van der Waals surface area (Å²) in [5.74, 6) is 0. The summed E-state index contributed by atoms with van der Waals surface area (Å²) in [6, 6.07) is 5.75. The Morgan fingerprint density at radius 2 is 2.31 bits per heavy atom. The minimum Gasteiger partial charge on any atom is -0.472 e. The van der Waals surface area contributed by atoms with E-state index in [1.807, 2.05) is 18.2 Å². The third kappa shape index (κ3) is 2.43. The number of aromatic nitrogens is 1. The SMILES string of the molecule is CCNC(c1ccoc1)c1ccc(Cl)cn1. The Morgan fingerprint density at radius 3 is 2.88 bits per heavy atom. The monoisotopic (exact) mass is 236 g/mol. The number of nitrogens with zero attached hydrogens (tertiary/aromatic N) is 1. The molecule has 2 rings (SSSR count). The van der Waals surface area contributed by atoms with Gasteiger partial charge in [0.05, 0.1) is 29.3 Å². The van der Waals surface area contributed by atoms with Gasteiger partial charge in [0.15, 0.2) is 0 Å². The fourth-order valence-corrected chi connectivity index (χ4v) is 1.71. The highest BCUT2D eigenvalue weighted by molar-refractivity contribution is 6.30. The summed E-state index contributed by atoms with van der Waals surface area (Å²) in [6.07, 6.45) is 5.04. The van der Waals surface area contributed by atoms with Gasteiger partial charge in [-0.1, -0.05) is 18.5 Å². The van der Waals surface area contributed by atoms with Gasteiger partial charge in [0.2, 0.25) is 0 Å². The molecule has 0 bridgehead atoms. The highest BCUT2D eigenvalue weighted by atomic mass is 35.5. The topological polar surface area (TPSA) is 38.1 Å². The van der Waals surface area contributed by atoms with E-state index in [9.17, 15) is 0 Å². The number of nitrogens with one attached hydrogen (secondary N) is 1. The Bertz CT molecular complexity index is 425. The number of hydrogen-bond donors (Lipinski definition) is 1. The summed E-state index contributed by atoms with van der Waals surface area (Å²) < 4.78 is 5.09. The van der Waals surface area contributed by atoms with Crippen LogP contribution in [0.2, 0.25) is 5.02 Å². The highest BCUT2D eigenvalue weighted by Gasteiger charge is 2.14. The van der Waals surface area contributed by atoms with Gasteiger partial charge in [0.25, 0.3) is 0 Å². The molecule has 2 heterocycles. The van der Waals surface area contributed by atoms with Crippen LogP contribution in [0.15, 0.2) is 41.3 Å². The zero-order valence-corrected chi connectivity index (χ0v) is 9.74. The molecule has 2 aromatic heterocycles. The van der Waals surface area contributed by atoms with Crippen LogP contribution < -0.4 is 5.32 Å². The van der Waals surface area contributed by atoms with E-state index in [2.05, 4.69) is 17.2 Å². The zero-order valence-electron chi connectivity index (χ0n) is 8.98. The van der Waals surface area contributed by atoms with Crippen LogP contribution >= 0.6 is 11.6 Å². The molecule has 0 spiro atoms. The molecule has 1 unspecified atom stereocenters. The molecule has 0 aromatic carbocycles. The molecule has 0 amide bonds. The molecule has 3 nitrogen and oxygen atoms in total. The van der Waals surface area contributed by atoms with Crippen molar-refractivity contribution in [3.63, 3.8) is 0 Å². The maximum Gasteiger partial charge on any atom is 0.0954 e.